The van der Waals surface area contributed by atoms with Gasteiger partial charge in [-0.25, -0.2) is 0 Å². The monoisotopic (exact) mass is 442 g/mol. The van der Waals surface area contributed by atoms with Gasteiger partial charge >= 0.3 is 0 Å². The molecule has 5 heteroatoms. The molecule has 172 valence electrons. The number of nitrogens with one attached hydrogen (secondary N) is 2. The van der Waals surface area contributed by atoms with Crippen molar-refractivity contribution >= 4 is 17.3 Å². The van der Waals surface area contributed by atoms with Crippen LogP contribution < -0.4 is 15.8 Å². The number of anilines is 2. The van der Waals surface area contributed by atoms with Crippen LogP contribution in [0.3, 0.4) is 0 Å². The Hall–Kier alpha value is -3.15. The standard InChI is InChI=1S/C28H34N4O/c33-28(30-32(26-12-6-2-7-13-26)27-14-8-3-9-15-27)22-29-19-16-24-17-20-31(21-18-24)23-25-10-4-1-5-11-25/h1-15,24,29H,16-23H2,(H,30,33). The minimum atomic E-state index is -0.0413. The van der Waals surface area contributed by atoms with Crippen LogP contribution in [0.4, 0.5) is 11.4 Å². The predicted octanol–water partition coefficient (Wildman–Crippen LogP) is 4.75. The van der Waals surface area contributed by atoms with Crippen molar-refractivity contribution in [2.75, 3.05) is 31.2 Å². The zero-order valence-corrected chi connectivity index (χ0v) is 19.2. The Balaban J connectivity index is 1.17. The Bertz CT molecular complexity index is 917. The molecule has 1 aliphatic heterocycles. The first kappa shape index (κ1) is 23.0. The lowest BCUT2D eigenvalue weighted by Gasteiger charge is -2.32. The summed E-state index contributed by atoms with van der Waals surface area (Å²) in [5, 5.41) is 5.18. The van der Waals surface area contributed by atoms with Gasteiger partial charge in [0.15, 0.2) is 0 Å². The Morgan fingerprint density at radius 3 is 1.94 bits per heavy atom. The maximum Gasteiger partial charge on any atom is 0.252 e. The maximum absolute atomic E-state index is 12.6. The van der Waals surface area contributed by atoms with Crippen LogP contribution in [0.5, 0.6) is 0 Å². The highest BCUT2D eigenvalue weighted by Gasteiger charge is 2.19. The number of piperidine rings is 1. The van der Waals surface area contributed by atoms with Crippen LogP contribution in [0.15, 0.2) is 91.0 Å². The molecule has 1 saturated heterocycles. The minimum absolute atomic E-state index is 0.0413. The van der Waals surface area contributed by atoms with E-state index in [1.165, 1.54) is 18.4 Å². The molecule has 1 aliphatic rings. The van der Waals surface area contributed by atoms with Crippen LogP contribution >= 0.6 is 0 Å². The Labute approximate surface area is 197 Å². The molecule has 3 aromatic rings. The molecule has 0 atom stereocenters. The zero-order valence-electron chi connectivity index (χ0n) is 19.2. The molecule has 0 radical (unpaired) electrons. The molecule has 1 fully saturated rings. The van der Waals surface area contributed by atoms with Crippen LogP contribution in [0, 0.1) is 5.92 Å². The van der Waals surface area contributed by atoms with E-state index in [9.17, 15) is 4.79 Å². The largest absolute Gasteiger partial charge is 0.308 e. The Morgan fingerprint density at radius 1 is 0.818 bits per heavy atom. The van der Waals surface area contributed by atoms with Gasteiger partial charge in [-0.3, -0.25) is 20.1 Å². The smallest absolute Gasteiger partial charge is 0.252 e. The van der Waals surface area contributed by atoms with E-state index in [2.05, 4.69) is 46.0 Å². The number of amides is 1. The van der Waals surface area contributed by atoms with Crippen molar-refractivity contribution in [1.82, 2.24) is 15.6 Å². The Kier molecular flexibility index (Phi) is 8.50. The third kappa shape index (κ3) is 7.17. The van der Waals surface area contributed by atoms with E-state index < -0.39 is 0 Å². The summed E-state index contributed by atoms with van der Waals surface area (Å²) in [7, 11) is 0. The SMILES string of the molecule is O=C(CNCCC1CCN(Cc2ccccc2)CC1)NN(c1ccccc1)c1ccccc1. The fourth-order valence-corrected chi connectivity index (χ4v) is 4.38. The third-order valence-electron chi connectivity index (χ3n) is 6.24. The van der Waals surface area contributed by atoms with Crippen LogP contribution in [0.25, 0.3) is 0 Å². The normalized spacial score (nSPS) is 14.7. The molecule has 0 aromatic heterocycles. The lowest BCUT2D eigenvalue weighted by atomic mass is 9.93. The van der Waals surface area contributed by atoms with E-state index in [1.807, 2.05) is 65.7 Å². The number of nitrogens with zero attached hydrogens (tertiary/aromatic N) is 2. The van der Waals surface area contributed by atoms with Crippen molar-refractivity contribution in [2.24, 2.45) is 5.92 Å². The van der Waals surface area contributed by atoms with Crippen LogP contribution in [-0.4, -0.2) is 37.0 Å². The van der Waals surface area contributed by atoms with Gasteiger partial charge < -0.3 is 5.32 Å². The van der Waals surface area contributed by atoms with Gasteiger partial charge in [0.25, 0.3) is 5.91 Å². The molecule has 0 spiro atoms. The quantitative estimate of drug-likeness (QED) is 0.351. The highest BCUT2D eigenvalue weighted by molar-refractivity contribution is 5.82. The van der Waals surface area contributed by atoms with Gasteiger partial charge in [-0.2, -0.15) is 0 Å². The summed E-state index contributed by atoms with van der Waals surface area (Å²) < 4.78 is 0. The van der Waals surface area contributed by atoms with Gasteiger partial charge in [0, 0.05) is 6.54 Å². The lowest BCUT2D eigenvalue weighted by molar-refractivity contribution is -0.120. The summed E-state index contributed by atoms with van der Waals surface area (Å²) in [5.74, 6) is 0.693. The van der Waals surface area contributed by atoms with Gasteiger partial charge in [0.05, 0.1) is 17.9 Å². The number of carbonyl (C=O) groups excluding carboxylic acids is 1. The first-order valence-corrected chi connectivity index (χ1v) is 11.9. The first-order chi connectivity index (χ1) is 16.3. The molecule has 4 rings (SSSR count). The van der Waals surface area contributed by atoms with E-state index in [0.717, 1.165) is 49.9 Å². The first-order valence-electron chi connectivity index (χ1n) is 11.9. The molecule has 33 heavy (non-hydrogen) atoms. The van der Waals surface area contributed by atoms with Gasteiger partial charge in [0.2, 0.25) is 0 Å². The second-order valence-corrected chi connectivity index (χ2v) is 8.71. The second kappa shape index (κ2) is 12.2. The number of hydrogen-bond donors (Lipinski definition) is 2. The summed E-state index contributed by atoms with van der Waals surface area (Å²) in [6.45, 7) is 4.54. The van der Waals surface area contributed by atoms with E-state index in [-0.39, 0.29) is 5.91 Å². The molecule has 0 bridgehead atoms. The van der Waals surface area contributed by atoms with Crippen molar-refractivity contribution in [1.29, 1.82) is 0 Å². The molecule has 3 aromatic carbocycles. The summed E-state index contributed by atoms with van der Waals surface area (Å²) >= 11 is 0. The highest BCUT2D eigenvalue weighted by Crippen LogP contribution is 2.23. The van der Waals surface area contributed by atoms with Crippen molar-refractivity contribution in [3.63, 3.8) is 0 Å². The fraction of sp³-hybridized carbons (Fsp3) is 0.321. The number of carbonyl (C=O) groups is 1. The third-order valence-corrected chi connectivity index (χ3v) is 6.24. The molecule has 1 amide bonds. The van der Waals surface area contributed by atoms with Crippen LogP contribution in [0.2, 0.25) is 0 Å². The van der Waals surface area contributed by atoms with Crippen molar-refractivity contribution in [3.05, 3.63) is 96.6 Å². The van der Waals surface area contributed by atoms with E-state index in [1.54, 1.807) is 0 Å². The number of para-hydroxylation sites is 2. The zero-order chi connectivity index (χ0) is 22.7. The number of rotatable bonds is 10. The summed E-state index contributed by atoms with van der Waals surface area (Å²) in [4.78, 5) is 15.2. The average Bonchev–Trinajstić information content (AvgIpc) is 2.88. The van der Waals surface area contributed by atoms with Crippen molar-refractivity contribution in [2.45, 2.75) is 25.8 Å². The molecule has 0 unspecified atom stereocenters. The van der Waals surface area contributed by atoms with Crippen LogP contribution in [-0.2, 0) is 11.3 Å². The van der Waals surface area contributed by atoms with Crippen LogP contribution in [0.1, 0.15) is 24.8 Å². The number of likely N-dealkylation sites (tertiary alicyclic amines) is 1. The molecule has 2 N–H and O–H groups in total. The van der Waals surface area contributed by atoms with Crippen molar-refractivity contribution < 1.29 is 4.79 Å². The molecular formula is C28H34N4O. The van der Waals surface area contributed by atoms with Gasteiger partial charge in [-0.05, 0) is 74.6 Å². The lowest BCUT2D eigenvalue weighted by Crippen LogP contribution is -2.44. The fourth-order valence-electron chi connectivity index (χ4n) is 4.38. The highest BCUT2D eigenvalue weighted by atomic mass is 16.2. The summed E-state index contributed by atoms with van der Waals surface area (Å²) in [6, 6.07) is 30.5. The van der Waals surface area contributed by atoms with E-state index >= 15 is 0 Å². The molecule has 0 saturated carbocycles. The van der Waals surface area contributed by atoms with Gasteiger partial charge in [0.1, 0.15) is 0 Å². The molecule has 5 nitrogen and oxygen atoms in total. The topological polar surface area (TPSA) is 47.6 Å². The predicted molar refractivity (Wildman–Crippen MR) is 135 cm³/mol. The molecular weight excluding hydrogens is 408 g/mol. The number of hydrazine groups is 1. The maximum atomic E-state index is 12.6. The number of benzene rings is 3. The summed E-state index contributed by atoms with van der Waals surface area (Å²) in [6.07, 6.45) is 3.58. The van der Waals surface area contributed by atoms with Gasteiger partial charge in [-0.1, -0.05) is 66.7 Å². The van der Waals surface area contributed by atoms with E-state index in [4.69, 9.17) is 0 Å². The number of hydrogen-bond acceptors (Lipinski definition) is 4. The molecule has 0 aliphatic carbocycles. The van der Waals surface area contributed by atoms with Gasteiger partial charge in [-0.15, -0.1) is 0 Å². The average molecular weight is 443 g/mol. The molecule has 1 heterocycles. The van der Waals surface area contributed by atoms with E-state index in [0.29, 0.717) is 6.54 Å². The summed E-state index contributed by atoms with van der Waals surface area (Å²) in [5.41, 5.74) is 6.29. The van der Waals surface area contributed by atoms with Crippen molar-refractivity contribution in [3.8, 4) is 0 Å². The minimum Gasteiger partial charge on any atom is -0.308 e. The Morgan fingerprint density at radius 2 is 1.36 bits per heavy atom. The second-order valence-electron chi connectivity index (χ2n) is 8.71.